The zero-order valence-electron chi connectivity index (χ0n) is 14.6. The van der Waals surface area contributed by atoms with Crippen molar-refractivity contribution in [3.05, 3.63) is 77.6 Å². The van der Waals surface area contributed by atoms with Gasteiger partial charge in [0.05, 0.1) is 18.8 Å². The quantitative estimate of drug-likeness (QED) is 0.774. The number of aromatic nitrogens is 2. The number of carbonyl (C=O) groups is 1. The van der Waals surface area contributed by atoms with E-state index in [0.717, 1.165) is 22.7 Å². The maximum atomic E-state index is 12.5. The lowest BCUT2D eigenvalue weighted by atomic mass is 10.1. The largest absolute Gasteiger partial charge is 0.497 e. The van der Waals surface area contributed by atoms with Crippen LogP contribution in [0, 0.1) is 6.92 Å². The van der Waals surface area contributed by atoms with E-state index in [1.165, 1.54) is 0 Å². The van der Waals surface area contributed by atoms with Gasteiger partial charge in [-0.2, -0.15) is 5.10 Å². The molecule has 5 heteroatoms. The van der Waals surface area contributed by atoms with E-state index in [2.05, 4.69) is 10.4 Å². The lowest BCUT2D eigenvalue weighted by molar-refractivity contribution is 0.0934. The number of hydrogen-bond acceptors (Lipinski definition) is 3. The standard InChI is InChI=1S/C20H21N3O2/c1-14-13-19(20(24)21-15(2)16-7-5-4-6-8-16)22-23(14)17-9-11-18(25-3)12-10-17/h4-13,15H,1-3H3,(H,21,24). The highest BCUT2D eigenvalue weighted by molar-refractivity contribution is 5.92. The van der Waals surface area contributed by atoms with Crippen molar-refractivity contribution in [1.82, 2.24) is 15.1 Å². The van der Waals surface area contributed by atoms with Crippen molar-refractivity contribution in [3.63, 3.8) is 0 Å². The Kier molecular flexibility index (Phi) is 4.84. The molecule has 1 atom stereocenters. The van der Waals surface area contributed by atoms with Crippen LogP contribution in [0.5, 0.6) is 5.75 Å². The smallest absolute Gasteiger partial charge is 0.272 e. The number of amides is 1. The third-order valence-electron chi connectivity index (χ3n) is 4.08. The molecule has 1 aromatic heterocycles. The molecule has 25 heavy (non-hydrogen) atoms. The third kappa shape index (κ3) is 3.71. The molecular weight excluding hydrogens is 314 g/mol. The Labute approximate surface area is 147 Å². The predicted octanol–water partition coefficient (Wildman–Crippen LogP) is 3.68. The first-order valence-electron chi connectivity index (χ1n) is 8.15. The predicted molar refractivity (Wildman–Crippen MR) is 97.2 cm³/mol. The summed E-state index contributed by atoms with van der Waals surface area (Å²) >= 11 is 0. The average Bonchev–Trinajstić information content (AvgIpc) is 3.04. The Balaban J connectivity index is 1.78. The van der Waals surface area contributed by atoms with Gasteiger partial charge in [0.2, 0.25) is 0 Å². The van der Waals surface area contributed by atoms with Crippen LogP contribution in [0.25, 0.3) is 5.69 Å². The number of benzene rings is 2. The first-order valence-corrected chi connectivity index (χ1v) is 8.15. The summed E-state index contributed by atoms with van der Waals surface area (Å²) in [6.07, 6.45) is 0. The zero-order valence-corrected chi connectivity index (χ0v) is 14.6. The molecule has 0 aliphatic heterocycles. The monoisotopic (exact) mass is 335 g/mol. The summed E-state index contributed by atoms with van der Waals surface area (Å²) in [4.78, 5) is 12.5. The van der Waals surface area contributed by atoms with Crippen LogP contribution in [0.4, 0.5) is 0 Å². The van der Waals surface area contributed by atoms with Crippen LogP contribution in [0.3, 0.4) is 0 Å². The van der Waals surface area contributed by atoms with Crippen molar-refractivity contribution >= 4 is 5.91 Å². The third-order valence-corrected chi connectivity index (χ3v) is 4.08. The Morgan fingerprint density at radius 3 is 2.44 bits per heavy atom. The first kappa shape index (κ1) is 16.8. The number of methoxy groups -OCH3 is 1. The molecule has 1 N–H and O–H groups in total. The number of ether oxygens (including phenoxy) is 1. The van der Waals surface area contributed by atoms with Crippen molar-refractivity contribution in [2.24, 2.45) is 0 Å². The topological polar surface area (TPSA) is 56.2 Å². The minimum atomic E-state index is -0.188. The lowest BCUT2D eigenvalue weighted by Gasteiger charge is -2.13. The molecular formula is C20H21N3O2. The van der Waals surface area contributed by atoms with Crippen LogP contribution < -0.4 is 10.1 Å². The summed E-state index contributed by atoms with van der Waals surface area (Å²) in [6, 6.07) is 19.1. The summed E-state index contributed by atoms with van der Waals surface area (Å²) < 4.78 is 6.92. The molecule has 0 saturated heterocycles. The Bertz CT molecular complexity index is 854. The van der Waals surface area contributed by atoms with E-state index in [-0.39, 0.29) is 11.9 Å². The van der Waals surface area contributed by atoms with Gasteiger partial charge in [-0.25, -0.2) is 4.68 Å². The van der Waals surface area contributed by atoms with E-state index >= 15 is 0 Å². The molecule has 128 valence electrons. The SMILES string of the molecule is COc1ccc(-n2nc(C(=O)NC(C)c3ccccc3)cc2C)cc1. The van der Waals surface area contributed by atoms with Gasteiger partial charge in [0.15, 0.2) is 5.69 Å². The van der Waals surface area contributed by atoms with Gasteiger partial charge in [-0.15, -0.1) is 0 Å². The fourth-order valence-electron chi connectivity index (χ4n) is 2.67. The summed E-state index contributed by atoms with van der Waals surface area (Å²) in [5, 5.41) is 7.43. The summed E-state index contributed by atoms with van der Waals surface area (Å²) in [5.74, 6) is 0.593. The van der Waals surface area contributed by atoms with Gasteiger partial charge in [0.25, 0.3) is 5.91 Å². The van der Waals surface area contributed by atoms with Gasteiger partial charge in [0.1, 0.15) is 5.75 Å². The normalized spacial score (nSPS) is 11.8. The maximum Gasteiger partial charge on any atom is 0.272 e. The molecule has 2 aromatic carbocycles. The van der Waals surface area contributed by atoms with Crippen molar-refractivity contribution in [3.8, 4) is 11.4 Å². The van der Waals surface area contributed by atoms with Gasteiger partial charge < -0.3 is 10.1 Å². The second-order valence-electron chi connectivity index (χ2n) is 5.89. The molecule has 1 amide bonds. The van der Waals surface area contributed by atoms with E-state index in [1.807, 2.05) is 68.4 Å². The fraction of sp³-hybridized carbons (Fsp3) is 0.200. The Morgan fingerprint density at radius 2 is 1.80 bits per heavy atom. The van der Waals surface area contributed by atoms with Crippen molar-refractivity contribution in [1.29, 1.82) is 0 Å². The zero-order chi connectivity index (χ0) is 17.8. The van der Waals surface area contributed by atoms with E-state index in [9.17, 15) is 4.79 Å². The number of nitrogens with zero attached hydrogens (tertiary/aromatic N) is 2. The first-order chi connectivity index (χ1) is 12.1. The minimum Gasteiger partial charge on any atom is -0.497 e. The lowest BCUT2D eigenvalue weighted by Crippen LogP contribution is -2.27. The molecule has 3 rings (SSSR count). The number of aryl methyl sites for hydroxylation is 1. The van der Waals surface area contributed by atoms with Gasteiger partial charge in [0, 0.05) is 5.69 Å². The van der Waals surface area contributed by atoms with Gasteiger partial charge in [-0.05, 0) is 49.7 Å². The number of nitrogens with one attached hydrogen (secondary N) is 1. The fourth-order valence-corrected chi connectivity index (χ4v) is 2.67. The van der Waals surface area contributed by atoms with Crippen LogP contribution in [0.2, 0.25) is 0 Å². The van der Waals surface area contributed by atoms with Gasteiger partial charge in [-0.3, -0.25) is 4.79 Å². The molecule has 1 heterocycles. The van der Waals surface area contributed by atoms with Crippen molar-refractivity contribution in [2.45, 2.75) is 19.9 Å². The molecule has 0 bridgehead atoms. The molecule has 1 unspecified atom stereocenters. The van der Waals surface area contributed by atoms with Crippen LogP contribution >= 0.6 is 0 Å². The number of carbonyl (C=O) groups excluding carboxylic acids is 1. The Hall–Kier alpha value is -3.08. The number of rotatable bonds is 5. The van der Waals surface area contributed by atoms with Crippen LogP contribution in [0.15, 0.2) is 60.7 Å². The van der Waals surface area contributed by atoms with E-state index in [0.29, 0.717) is 5.69 Å². The molecule has 0 aliphatic rings. The summed E-state index contributed by atoms with van der Waals surface area (Å²) in [6.45, 7) is 3.88. The van der Waals surface area contributed by atoms with Crippen molar-refractivity contribution in [2.75, 3.05) is 7.11 Å². The average molecular weight is 335 g/mol. The molecule has 0 aliphatic carbocycles. The summed E-state index contributed by atoms with van der Waals surface area (Å²) in [7, 11) is 1.63. The maximum absolute atomic E-state index is 12.5. The van der Waals surface area contributed by atoms with E-state index in [4.69, 9.17) is 4.74 Å². The molecule has 5 nitrogen and oxygen atoms in total. The molecule has 0 radical (unpaired) electrons. The van der Waals surface area contributed by atoms with E-state index < -0.39 is 0 Å². The minimum absolute atomic E-state index is 0.0832. The van der Waals surface area contributed by atoms with Crippen molar-refractivity contribution < 1.29 is 9.53 Å². The van der Waals surface area contributed by atoms with Crippen LogP contribution in [0.1, 0.15) is 34.7 Å². The highest BCUT2D eigenvalue weighted by atomic mass is 16.5. The highest BCUT2D eigenvalue weighted by Crippen LogP contribution is 2.17. The molecule has 0 fully saturated rings. The van der Waals surface area contributed by atoms with Crippen LogP contribution in [-0.4, -0.2) is 22.8 Å². The van der Waals surface area contributed by atoms with E-state index in [1.54, 1.807) is 17.9 Å². The van der Waals surface area contributed by atoms with Gasteiger partial charge in [-0.1, -0.05) is 30.3 Å². The second kappa shape index (κ2) is 7.21. The Morgan fingerprint density at radius 1 is 1.12 bits per heavy atom. The highest BCUT2D eigenvalue weighted by Gasteiger charge is 2.16. The molecule has 0 spiro atoms. The molecule has 0 saturated carbocycles. The van der Waals surface area contributed by atoms with Gasteiger partial charge >= 0.3 is 0 Å². The second-order valence-corrected chi connectivity index (χ2v) is 5.89. The summed E-state index contributed by atoms with van der Waals surface area (Å²) in [5.41, 5.74) is 3.23. The molecule has 3 aromatic rings. The number of hydrogen-bond donors (Lipinski definition) is 1. The van der Waals surface area contributed by atoms with Crippen LogP contribution in [-0.2, 0) is 0 Å².